The van der Waals surface area contributed by atoms with Crippen LogP contribution in [-0.4, -0.2) is 262 Å². The van der Waals surface area contributed by atoms with Crippen LogP contribution in [0.4, 0.5) is 17.1 Å². The van der Waals surface area contributed by atoms with Crippen molar-refractivity contribution in [2.24, 2.45) is 58.7 Å². The van der Waals surface area contributed by atoms with Crippen molar-refractivity contribution < 1.29 is 79.9 Å². The second kappa shape index (κ2) is 44.8. The molecule has 0 radical (unpaired) electrons. The molecule has 4 spiro atoms. The number of amides is 3. The summed E-state index contributed by atoms with van der Waals surface area (Å²) < 4.78 is 101. The maximum absolute atomic E-state index is 13.9. The normalized spacial score (nSPS) is 33.5. The van der Waals surface area contributed by atoms with Crippen LogP contribution in [0.3, 0.4) is 0 Å². The second-order valence-electron chi connectivity index (χ2n) is 47.5. The summed E-state index contributed by atoms with van der Waals surface area (Å²) in [4.78, 5) is 54.8. The number of likely N-dealkylation sites (tertiary alicyclic amines) is 1. The molecule has 2 saturated heterocycles. The van der Waals surface area contributed by atoms with Crippen molar-refractivity contribution in [2.75, 3.05) is 159 Å². The Bertz CT molecular complexity index is 5870. The van der Waals surface area contributed by atoms with Crippen molar-refractivity contribution in [3.63, 3.8) is 0 Å². The number of β-amino-alcohol motifs (C(OH)–C–C–N with tert-alkyl or cyclic N) is 1. The molecule has 8 heterocycles. The first kappa shape index (κ1) is 110. The predicted molar refractivity (Wildman–Crippen MR) is 584 cm³/mol. The fourth-order valence-corrected chi connectivity index (χ4v) is 32.9. The summed E-state index contributed by atoms with van der Waals surface area (Å²) in [5.41, 5.74) is 7.65. The van der Waals surface area contributed by atoms with E-state index in [0.717, 1.165) is 219 Å². The molecule has 19 atom stereocenters. The number of aliphatic hydroxyl groups excluding tert-OH is 2. The molecule has 5 fully saturated rings. The quantitative estimate of drug-likeness (QED) is 0.0470. The molecular weight excluding hydrogens is 1980 g/mol. The van der Waals surface area contributed by atoms with Gasteiger partial charge in [-0.3, -0.25) is 33.8 Å². The number of aliphatic hydroxyl groups is 5. The Morgan fingerprint density at radius 2 is 0.748 bits per heavy atom. The van der Waals surface area contributed by atoms with Gasteiger partial charge in [-0.05, 0) is 365 Å². The molecule has 8 N–H and O–H groups in total. The third-order valence-electron chi connectivity index (χ3n) is 37.5. The van der Waals surface area contributed by atoms with Gasteiger partial charge in [-0.15, -0.1) is 0 Å². The van der Waals surface area contributed by atoms with E-state index in [1.165, 1.54) is 33.4 Å². The Morgan fingerprint density at radius 3 is 1.07 bits per heavy atom. The van der Waals surface area contributed by atoms with Crippen molar-refractivity contribution in [2.45, 2.75) is 271 Å². The van der Waals surface area contributed by atoms with Crippen molar-refractivity contribution in [1.82, 2.24) is 28.9 Å². The fourth-order valence-electron chi connectivity index (χ4n) is 28.2. The number of sulfonamides is 2. The number of hydrogen-bond acceptors (Lipinski definition) is 23. The van der Waals surface area contributed by atoms with Crippen LogP contribution >= 0.6 is 34.8 Å². The first-order valence-electron chi connectivity index (χ1n) is 55.0. The Labute approximate surface area is 888 Å². The number of nitrogens with zero attached hydrogens (tertiary/aromatic N) is 6. The van der Waals surface area contributed by atoms with E-state index in [2.05, 4.69) is 107 Å². The van der Waals surface area contributed by atoms with Gasteiger partial charge in [-0.25, -0.2) is 30.5 Å². The molecule has 806 valence electrons. The standard InChI is InChI=1S/C39H56ClN3O5S.C38H50ClN3O6S.C38H54ClN3O6S/c1-5-18-42(19-20-44)25-39(46)17-6-8-27(2)28(3)49(4,47)41-37(45)30-11-15-36-35(22-30)43(23-31-10-13-34(31)39)24-38(26-48-36)16-7-9-29-21-32(40)12-14-33(29)38;1-25-5-3-14-38(44,21-41-18-36(19-41)22-47-23-36)32-10-7-29(32)17-42-20-37(13-4-6-27-15-30(39)9-11-31(27)37)24-48-34-12-8-28(16-33(34)42)35(43)40-49(45,46)26(25)2;1-4-17-41(18-19-43)24-38(45)16-5-7-26(2)27(3)49(46,47)40-36(44)29-10-14-35-34(21-29)42(22-30-9-12-33(30)38)23-37(25-48-35)15-6-8-28-20-31(39)11-13-32(28)37/h11-12,14-15,21-22,27-28,31,34,44,46H,4-10,13,16-20,23-26H2,1-3H3,(H,41,45,47);8-9,11-12,15-16,25-26,29,32,44H,3-7,10,13-14,17-24H2,1-2H3,(H,40,43);10-11,13-14,20-21,26-27,30,33,43,45H,4-9,12,15-19,22-25H2,1-3H3,(H,40,44)/t27-,28+,31-,34+,38-,39-,49?;25-,26+,29-,32+,37-,38-;26-,27+,30-,33+,37-,38+/m000/s1. The van der Waals surface area contributed by atoms with Crippen LogP contribution in [0, 0.1) is 58.7 Å². The number of aryl methyl sites for hydroxylation is 3. The van der Waals surface area contributed by atoms with E-state index < -0.39 is 68.9 Å². The zero-order valence-electron chi connectivity index (χ0n) is 87.6. The number of carbonyl (C=O) groups excluding carboxylic acids is 3. The van der Waals surface area contributed by atoms with Crippen LogP contribution in [0.5, 0.6) is 17.2 Å². The SMILES string of the molecule is C=S1(=O)NC(=O)c2ccc3c(c2)N(C[C@@H]2CC[C@H]2[C@@](O)(CN(CCC)CCO)CCC[C@H](C)[C@H]1C)C[C@@]1(CCCc2cc(Cl)ccc21)CO3.CCCN(CCO)C[C@]1(O)CCC[C@H](C)[C@@H](C)S(=O)(=O)NC(=O)c2ccc3c(c2)N(C[C@@H]2CC[C@H]21)C[C@@]1(CCCc2cc(Cl)ccc21)CO3.C[C@@H]1[C@@H](C)CCC[C@](O)(CN2CC3(COC3)C2)[C@@H]2CC[C@H]2CN2C[C@@]3(CCCc4cc(Cl)ccc43)COc3ccc(cc32)C(=O)NS1(=O)=O. The maximum Gasteiger partial charge on any atom is 0.264 e. The lowest BCUT2D eigenvalue weighted by Gasteiger charge is -2.58. The zero-order valence-corrected chi connectivity index (χ0v) is 92.4. The van der Waals surface area contributed by atoms with Crippen LogP contribution in [0.1, 0.15) is 268 Å². The molecule has 1 unspecified atom stereocenters. The molecule has 32 heteroatoms. The number of ether oxygens (including phenoxy) is 4. The minimum Gasteiger partial charge on any atom is -0.490 e. The molecule has 3 saturated carbocycles. The largest absolute Gasteiger partial charge is 0.490 e. The third kappa shape index (κ3) is 23.2. The number of anilines is 3. The summed E-state index contributed by atoms with van der Waals surface area (Å²) in [6, 6.07) is 34.8. The first-order chi connectivity index (χ1) is 70.1. The van der Waals surface area contributed by atoms with Gasteiger partial charge in [0.1, 0.15) is 17.2 Å². The lowest BCUT2D eigenvalue weighted by Crippen LogP contribution is -2.69. The van der Waals surface area contributed by atoms with Gasteiger partial charge in [-0.1, -0.05) is 107 Å². The fraction of sp³-hybridized carbons (Fsp3) is 0.652. The Hall–Kier alpha value is -7.04. The van der Waals surface area contributed by atoms with E-state index in [9.17, 15) is 61.0 Å². The minimum absolute atomic E-state index is 0.0317. The molecule has 20 rings (SSSR count). The number of benzene rings is 6. The summed E-state index contributed by atoms with van der Waals surface area (Å²) >= 11 is 19.4. The number of nitrogens with one attached hydrogen (secondary N) is 3. The maximum atomic E-state index is 13.9. The highest BCUT2D eigenvalue weighted by Crippen LogP contribution is 2.56. The van der Waals surface area contributed by atoms with Crippen LogP contribution in [0.15, 0.2) is 109 Å². The number of rotatable bonds is 14. The van der Waals surface area contributed by atoms with Crippen LogP contribution in [0.25, 0.3) is 0 Å². The van der Waals surface area contributed by atoms with E-state index in [1.807, 2.05) is 63.2 Å². The Morgan fingerprint density at radius 1 is 0.408 bits per heavy atom. The van der Waals surface area contributed by atoms with E-state index in [4.69, 9.17) is 53.8 Å². The molecule has 6 aromatic carbocycles. The molecule has 6 bridgehead atoms. The zero-order chi connectivity index (χ0) is 104. The average Bonchev–Trinajstić information content (AvgIpc) is 1.66. The third-order valence-corrected chi connectivity index (χ3v) is 44.2. The van der Waals surface area contributed by atoms with Gasteiger partial charge in [0.25, 0.3) is 17.7 Å². The highest BCUT2D eigenvalue weighted by atomic mass is 35.5. The lowest BCUT2D eigenvalue weighted by molar-refractivity contribution is -0.208. The molecule has 3 amide bonds. The second-order valence-corrected chi connectivity index (χ2v) is 55.3. The number of hydrogen-bond donors (Lipinski definition) is 8. The van der Waals surface area contributed by atoms with E-state index in [0.29, 0.717) is 140 Å². The minimum atomic E-state index is -3.96. The van der Waals surface area contributed by atoms with Crippen LogP contribution in [-0.2, 0) is 70.0 Å². The molecule has 8 aliphatic heterocycles. The van der Waals surface area contributed by atoms with Gasteiger partial charge in [0, 0.05) is 144 Å². The van der Waals surface area contributed by atoms with Gasteiger partial charge >= 0.3 is 0 Å². The highest BCUT2D eigenvalue weighted by Gasteiger charge is 2.57. The van der Waals surface area contributed by atoms with Crippen molar-refractivity contribution in [3.8, 4) is 17.2 Å². The topological polar surface area (TPSA) is 330 Å². The molecule has 6 aromatic rings. The molecule has 14 aliphatic rings. The molecule has 26 nitrogen and oxygen atoms in total. The summed E-state index contributed by atoms with van der Waals surface area (Å²) in [6.45, 7) is 29.0. The van der Waals surface area contributed by atoms with Gasteiger partial charge in [0.05, 0.1) is 100 Å². The van der Waals surface area contributed by atoms with Crippen LogP contribution < -0.4 is 43.1 Å². The van der Waals surface area contributed by atoms with Gasteiger partial charge in [-0.2, -0.15) is 0 Å². The molecule has 0 aromatic heterocycles. The lowest BCUT2D eigenvalue weighted by atomic mass is 9.62. The van der Waals surface area contributed by atoms with Crippen LogP contribution in [0.2, 0.25) is 15.1 Å². The summed E-state index contributed by atoms with van der Waals surface area (Å²) in [7, 11) is -10.9. The summed E-state index contributed by atoms with van der Waals surface area (Å²) in [5.74, 6) is 5.10. The summed E-state index contributed by atoms with van der Waals surface area (Å²) in [5, 5.41) is 58.1. The number of halogens is 3. The molecule has 6 aliphatic carbocycles. The monoisotopic (exact) mass is 2140 g/mol. The van der Waals surface area contributed by atoms with E-state index in [-0.39, 0.29) is 105 Å². The van der Waals surface area contributed by atoms with Gasteiger partial charge in [0.15, 0.2) is 0 Å². The van der Waals surface area contributed by atoms with Gasteiger partial charge in [0.2, 0.25) is 20.0 Å². The average molecular weight is 2140 g/mol. The van der Waals surface area contributed by atoms with Crippen molar-refractivity contribution >= 4 is 105 Å². The van der Waals surface area contributed by atoms with E-state index >= 15 is 0 Å². The molecule has 147 heavy (non-hydrogen) atoms. The number of fused-ring (bicyclic) bond motifs is 12. The van der Waals surface area contributed by atoms with Crippen molar-refractivity contribution in [3.05, 3.63) is 174 Å². The van der Waals surface area contributed by atoms with Gasteiger partial charge < -0.3 is 59.2 Å². The van der Waals surface area contributed by atoms with E-state index in [1.54, 1.807) is 44.2 Å². The Kier molecular flexibility index (Phi) is 33.4. The smallest absolute Gasteiger partial charge is 0.264 e. The molecular formula is C115H160Cl3N9O17S3. The summed E-state index contributed by atoms with van der Waals surface area (Å²) in [6.07, 6.45) is 22.6. The number of carbonyl (C=O) groups is 3. The first-order valence-corrected chi connectivity index (χ1v) is 61.0. The van der Waals surface area contributed by atoms with Crippen molar-refractivity contribution in [1.29, 1.82) is 0 Å². The predicted octanol–water partition coefficient (Wildman–Crippen LogP) is 16.6. The highest BCUT2D eigenvalue weighted by molar-refractivity contribution is 7.99. The Balaban J connectivity index is 0.000000144.